The zero-order valence-electron chi connectivity index (χ0n) is 16.6. The molecule has 1 aliphatic rings. The van der Waals surface area contributed by atoms with Crippen LogP contribution in [0.4, 0.5) is 5.69 Å². The van der Waals surface area contributed by atoms with E-state index < -0.39 is 0 Å². The summed E-state index contributed by atoms with van der Waals surface area (Å²) in [5.74, 6) is -0.0232. The van der Waals surface area contributed by atoms with Crippen molar-refractivity contribution >= 4 is 40.7 Å². The van der Waals surface area contributed by atoms with Gasteiger partial charge in [0.15, 0.2) is 0 Å². The summed E-state index contributed by atoms with van der Waals surface area (Å²) in [6.45, 7) is 6.41. The lowest BCUT2D eigenvalue weighted by atomic mass is 10.1. The molecule has 5 nitrogen and oxygen atoms in total. The van der Waals surface area contributed by atoms with E-state index in [0.717, 1.165) is 5.56 Å². The molecule has 2 amide bonds. The summed E-state index contributed by atoms with van der Waals surface area (Å²) < 4.78 is 0. The topological polar surface area (TPSA) is 52.7 Å². The number of hydrogen-bond donors (Lipinski definition) is 1. The highest BCUT2D eigenvalue weighted by Crippen LogP contribution is 2.29. The van der Waals surface area contributed by atoms with Gasteiger partial charge in [0.2, 0.25) is 11.8 Å². The molecule has 1 aliphatic heterocycles. The number of carbonyl (C=O) groups is 2. The maximum absolute atomic E-state index is 12.6. The van der Waals surface area contributed by atoms with Gasteiger partial charge in [0.25, 0.3) is 0 Å². The molecular weight excluding hydrogens is 409 g/mol. The minimum Gasteiger partial charge on any atom is -0.340 e. The zero-order chi connectivity index (χ0) is 21.0. The van der Waals surface area contributed by atoms with Crippen LogP contribution in [0, 0.1) is 6.92 Å². The molecule has 154 valence electrons. The summed E-state index contributed by atoms with van der Waals surface area (Å²) in [4.78, 5) is 29.1. The van der Waals surface area contributed by atoms with E-state index in [9.17, 15) is 9.59 Å². The van der Waals surface area contributed by atoms with E-state index in [1.54, 1.807) is 18.2 Å². The van der Waals surface area contributed by atoms with Gasteiger partial charge in [-0.25, -0.2) is 0 Å². The summed E-state index contributed by atoms with van der Waals surface area (Å²) in [5.41, 5.74) is 2.71. The van der Waals surface area contributed by atoms with E-state index >= 15 is 0 Å². The molecule has 1 N–H and O–H groups in total. The third kappa shape index (κ3) is 5.50. The van der Waals surface area contributed by atoms with Crippen LogP contribution in [0.2, 0.25) is 10.0 Å². The van der Waals surface area contributed by atoms with E-state index in [0.29, 0.717) is 48.3 Å². The smallest absolute Gasteiger partial charge is 0.241 e. The first kappa shape index (κ1) is 21.6. The van der Waals surface area contributed by atoms with Crippen LogP contribution in [0.1, 0.15) is 18.1 Å². The summed E-state index contributed by atoms with van der Waals surface area (Å²) in [5, 5.41) is 3.58. The number of carbonyl (C=O) groups excluding carboxylic acids is 2. The molecule has 0 radical (unpaired) electrons. The van der Waals surface area contributed by atoms with Gasteiger partial charge in [0.05, 0.1) is 28.2 Å². The molecule has 1 heterocycles. The zero-order valence-corrected chi connectivity index (χ0v) is 18.1. The van der Waals surface area contributed by atoms with Gasteiger partial charge in [-0.15, -0.1) is 0 Å². The number of piperazine rings is 1. The van der Waals surface area contributed by atoms with E-state index in [2.05, 4.69) is 10.2 Å². The van der Waals surface area contributed by atoms with Gasteiger partial charge in [-0.3, -0.25) is 14.5 Å². The molecule has 29 heavy (non-hydrogen) atoms. The molecule has 0 spiro atoms. The van der Waals surface area contributed by atoms with Crippen molar-refractivity contribution in [3.8, 4) is 0 Å². The van der Waals surface area contributed by atoms with Crippen molar-refractivity contribution in [2.75, 3.05) is 31.5 Å². The highest BCUT2D eigenvalue weighted by Gasteiger charge is 2.27. The summed E-state index contributed by atoms with van der Waals surface area (Å²) in [6.07, 6.45) is 0.406. The second-order valence-electron chi connectivity index (χ2n) is 7.35. The van der Waals surface area contributed by atoms with Crippen LogP contribution < -0.4 is 5.32 Å². The van der Waals surface area contributed by atoms with Crippen molar-refractivity contribution in [3.63, 3.8) is 0 Å². The molecule has 3 rings (SSSR count). The first-order valence-electron chi connectivity index (χ1n) is 9.67. The van der Waals surface area contributed by atoms with Crippen LogP contribution in [0.3, 0.4) is 0 Å². The summed E-state index contributed by atoms with van der Waals surface area (Å²) >= 11 is 12.2. The fraction of sp³-hybridized carbons (Fsp3) is 0.364. The van der Waals surface area contributed by atoms with E-state index in [4.69, 9.17) is 23.2 Å². The van der Waals surface area contributed by atoms with Crippen molar-refractivity contribution in [2.45, 2.75) is 26.3 Å². The number of aryl methyl sites for hydroxylation is 1. The lowest BCUT2D eigenvalue weighted by Crippen LogP contribution is -2.54. The number of nitrogens with one attached hydrogen (secondary N) is 1. The number of nitrogens with zero attached hydrogens (tertiary/aromatic N) is 2. The van der Waals surface area contributed by atoms with Crippen LogP contribution in [0.15, 0.2) is 42.5 Å². The van der Waals surface area contributed by atoms with Crippen molar-refractivity contribution in [3.05, 3.63) is 63.6 Å². The Hall–Kier alpha value is -2.08. The Kier molecular flexibility index (Phi) is 7.17. The normalized spacial score (nSPS) is 15.8. The second-order valence-corrected chi connectivity index (χ2v) is 8.13. The Balaban J connectivity index is 1.51. The van der Waals surface area contributed by atoms with Crippen LogP contribution in [0.5, 0.6) is 0 Å². The minimum absolute atomic E-state index is 0.122. The SMILES string of the molecule is Cc1ccc(CC(=O)N2CCN(C(C)C(=O)Nc3cccc(Cl)c3Cl)CC2)cc1. The largest absolute Gasteiger partial charge is 0.340 e. The van der Waals surface area contributed by atoms with Gasteiger partial charge in [-0.2, -0.15) is 0 Å². The Bertz CT molecular complexity index is 878. The predicted molar refractivity (Wildman–Crippen MR) is 118 cm³/mol. The van der Waals surface area contributed by atoms with Gasteiger partial charge in [0, 0.05) is 26.2 Å². The van der Waals surface area contributed by atoms with Crippen LogP contribution in [-0.4, -0.2) is 53.8 Å². The number of anilines is 1. The first-order chi connectivity index (χ1) is 13.8. The molecule has 2 aromatic carbocycles. The Morgan fingerprint density at radius 1 is 1.03 bits per heavy atom. The number of halogens is 2. The van der Waals surface area contributed by atoms with Crippen molar-refractivity contribution in [1.29, 1.82) is 0 Å². The molecule has 7 heteroatoms. The molecule has 0 bridgehead atoms. The van der Waals surface area contributed by atoms with Gasteiger partial charge in [0.1, 0.15) is 0 Å². The highest BCUT2D eigenvalue weighted by atomic mass is 35.5. The van der Waals surface area contributed by atoms with E-state index in [1.165, 1.54) is 5.56 Å². The third-order valence-corrected chi connectivity index (χ3v) is 6.10. The Labute approximate surface area is 181 Å². The minimum atomic E-state index is -0.334. The lowest BCUT2D eigenvalue weighted by molar-refractivity contribution is -0.133. The quantitative estimate of drug-likeness (QED) is 0.774. The van der Waals surface area contributed by atoms with E-state index in [-0.39, 0.29) is 17.9 Å². The molecule has 0 saturated carbocycles. The average Bonchev–Trinajstić information content (AvgIpc) is 2.72. The highest BCUT2D eigenvalue weighted by molar-refractivity contribution is 6.44. The van der Waals surface area contributed by atoms with Crippen molar-refractivity contribution < 1.29 is 9.59 Å². The fourth-order valence-electron chi connectivity index (χ4n) is 3.35. The molecule has 0 aliphatic carbocycles. The molecule has 1 saturated heterocycles. The molecular formula is C22H25Cl2N3O2. The summed E-state index contributed by atoms with van der Waals surface area (Å²) in [6, 6.07) is 12.8. The van der Waals surface area contributed by atoms with Gasteiger partial charge < -0.3 is 10.2 Å². The standard InChI is InChI=1S/C22H25Cl2N3O2/c1-15-6-8-17(9-7-15)14-20(28)27-12-10-26(11-13-27)16(2)22(29)25-19-5-3-4-18(23)21(19)24/h3-9,16H,10-14H2,1-2H3,(H,25,29). The van der Waals surface area contributed by atoms with Gasteiger partial charge >= 0.3 is 0 Å². The summed E-state index contributed by atoms with van der Waals surface area (Å²) in [7, 11) is 0. The number of benzene rings is 2. The Morgan fingerprint density at radius 3 is 2.34 bits per heavy atom. The van der Waals surface area contributed by atoms with Crippen LogP contribution in [-0.2, 0) is 16.0 Å². The number of hydrogen-bond acceptors (Lipinski definition) is 3. The molecule has 1 fully saturated rings. The number of amides is 2. The monoisotopic (exact) mass is 433 g/mol. The maximum atomic E-state index is 12.6. The van der Waals surface area contributed by atoms with Crippen LogP contribution >= 0.6 is 23.2 Å². The van der Waals surface area contributed by atoms with Gasteiger partial charge in [-0.05, 0) is 31.5 Å². The third-order valence-electron chi connectivity index (χ3n) is 5.28. The van der Waals surface area contributed by atoms with Crippen molar-refractivity contribution in [2.24, 2.45) is 0 Å². The lowest BCUT2D eigenvalue weighted by Gasteiger charge is -2.37. The maximum Gasteiger partial charge on any atom is 0.241 e. The predicted octanol–water partition coefficient (Wildman–Crippen LogP) is 4.02. The second kappa shape index (κ2) is 9.61. The molecule has 1 unspecified atom stereocenters. The molecule has 0 aromatic heterocycles. The van der Waals surface area contributed by atoms with Crippen molar-refractivity contribution in [1.82, 2.24) is 9.80 Å². The molecule has 1 atom stereocenters. The number of rotatable bonds is 5. The molecule has 2 aromatic rings. The fourth-order valence-corrected chi connectivity index (χ4v) is 3.70. The van der Waals surface area contributed by atoms with Crippen LogP contribution in [0.25, 0.3) is 0 Å². The average molecular weight is 434 g/mol. The van der Waals surface area contributed by atoms with Gasteiger partial charge in [-0.1, -0.05) is 59.1 Å². The van der Waals surface area contributed by atoms with E-state index in [1.807, 2.05) is 43.0 Å². The first-order valence-corrected chi connectivity index (χ1v) is 10.4. The Morgan fingerprint density at radius 2 is 1.69 bits per heavy atom.